The van der Waals surface area contributed by atoms with Crippen LogP contribution >= 0.6 is 23.2 Å². The average Bonchev–Trinajstić information content (AvgIpc) is 3.32. The first-order valence-corrected chi connectivity index (χ1v) is 10.3. The molecule has 0 radical (unpaired) electrons. The van der Waals surface area contributed by atoms with Gasteiger partial charge in [0.1, 0.15) is 4.33 Å². The Morgan fingerprint density at radius 2 is 1.66 bits per heavy atom. The maximum atomic E-state index is 13.1. The molecule has 1 heterocycles. The lowest BCUT2D eigenvalue weighted by atomic mass is 9.75. The van der Waals surface area contributed by atoms with Crippen LogP contribution in [0, 0.1) is 11.3 Å². The third-order valence-corrected chi connectivity index (χ3v) is 6.57. The number of esters is 1. The summed E-state index contributed by atoms with van der Waals surface area (Å²) in [6.45, 7) is 2.02. The summed E-state index contributed by atoms with van der Waals surface area (Å²) in [7, 11) is 0. The van der Waals surface area contributed by atoms with Crippen molar-refractivity contribution in [2.75, 3.05) is 6.61 Å². The van der Waals surface area contributed by atoms with E-state index in [4.69, 9.17) is 27.9 Å². The van der Waals surface area contributed by atoms with Gasteiger partial charge in [-0.25, -0.2) is 0 Å². The van der Waals surface area contributed by atoms with Gasteiger partial charge in [0.15, 0.2) is 0 Å². The molecule has 1 aliphatic heterocycles. The van der Waals surface area contributed by atoms with E-state index in [-0.39, 0.29) is 18.5 Å². The Balaban J connectivity index is 1.74. The van der Waals surface area contributed by atoms with Crippen molar-refractivity contribution in [1.29, 1.82) is 0 Å². The molecular formula is C23H21Cl2NO3. The van der Waals surface area contributed by atoms with Crippen LogP contribution in [0.1, 0.15) is 22.8 Å². The SMILES string of the molecule is CCOC(=O)[C@]1(Cc2ccccc2)C=CN(C(=O)c2ccccc2)[C@@H]2[C@@H]1C2(Cl)Cl. The van der Waals surface area contributed by atoms with E-state index >= 15 is 0 Å². The third kappa shape index (κ3) is 3.34. The molecule has 29 heavy (non-hydrogen) atoms. The van der Waals surface area contributed by atoms with Crippen molar-refractivity contribution in [3.63, 3.8) is 0 Å². The van der Waals surface area contributed by atoms with Gasteiger partial charge >= 0.3 is 5.97 Å². The number of hydrogen-bond acceptors (Lipinski definition) is 3. The number of fused-ring (bicyclic) bond motifs is 1. The molecule has 1 aliphatic carbocycles. The van der Waals surface area contributed by atoms with E-state index < -0.39 is 21.7 Å². The zero-order chi connectivity index (χ0) is 20.6. The molecule has 0 N–H and O–H groups in total. The van der Waals surface area contributed by atoms with Crippen molar-refractivity contribution in [2.45, 2.75) is 23.7 Å². The van der Waals surface area contributed by atoms with E-state index in [1.165, 1.54) is 0 Å². The van der Waals surface area contributed by atoms with Gasteiger partial charge in [-0.15, -0.1) is 0 Å². The second-order valence-electron chi connectivity index (χ2n) is 7.41. The topological polar surface area (TPSA) is 46.6 Å². The fraction of sp³-hybridized carbons (Fsp3) is 0.304. The first-order chi connectivity index (χ1) is 13.9. The molecule has 1 saturated carbocycles. The van der Waals surface area contributed by atoms with Crippen molar-refractivity contribution in [3.8, 4) is 0 Å². The molecule has 2 aromatic carbocycles. The summed E-state index contributed by atoms with van der Waals surface area (Å²) < 4.78 is 4.18. The van der Waals surface area contributed by atoms with Crippen LogP contribution in [0.4, 0.5) is 0 Å². The molecule has 4 rings (SSSR count). The van der Waals surface area contributed by atoms with Crippen LogP contribution in [0.2, 0.25) is 0 Å². The predicted molar refractivity (Wildman–Crippen MR) is 113 cm³/mol. The highest BCUT2D eigenvalue weighted by atomic mass is 35.5. The summed E-state index contributed by atoms with van der Waals surface area (Å²) in [4.78, 5) is 27.7. The van der Waals surface area contributed by atoms with Crippen molar-refractivity contribution in [1.82, 2.24) is 4.90 Å². The molecule has 6 heteroatoms. The molecule has 0 spiro atoms. The lowest BCUT2D eigenvalue weighted by Gasteiger charge is -2.34. The van der Waals surface area contributed by atoms with E-state index in [2.05, 4.69) is 0 Å². The number of rotatable bonds is 5. The van der Waals surface area contributed by atoms with Crippen molar-refractivity contribution in [3.05, 3.63) is 84.1 Å². The molecule has 2 aromatic rings. The van der Waals surface area contributed by atoms with Gasteiger partial charge < -0.3 is 9.64 Å². The highest BCUT2D eigenvalue weighted by Gasteiger charge is 2.77. The Hall–Kier alpha value is -2.30. The fourth-order valence-corrected chi connectivity index (χ4v) is 5.21. The number of carbonyl (C=O) groups excluding carboxylic acids is 2. The van der Waals surface area contributed by atoms with Crippen molar-refractivity contribution in [2.24, 2.45) is 11.3 Å². The lowest BCUT2D eigenvalue weighted by molar-refractivity contribution is -0.154. The Labute approximate surface area is 180 Å². The maximum Gasteiger partial charge on any atom is 0.316 e. The van der Waals surface area contributed by atoms with Crippen LogP contribution in [0.3, 0.4) is 0 Å². The predicted octanol–water partition coefficient (Wildman–Crippen LogP) is 4.62. The fourth-order valence-electron chi connectivity index (χ4n) is 4.25. The summed E-state index contributed by atoms with van der Waals surface area (Å²) in [5, 5.41) is 0. The van der Waals surface area contributed by atoms with Gasteiger partial charge in [-0.3, -0.25) is 9.59 Å². The molecule has 0 bridgehead atoms. The number of hydrogen-bond donors (Lipinski definition) is 0. The number of alkyl halides is 2. The van der Waals surface area contributed by atoms with Crippen LogP contribution < -0.4 is 0 Å². The number of ether oxygens (including phenoxy) is 1. The monoisotopic (exact) mass is 429 g/mol. The molecule has 1 fully saturated rings. The van der Waals surface area contributed by atoms with E-state index in [0.29, 0.717) is 12.0 Å². The first-order valence-electron chi connectivity index (χ1n) is 9.58. The van der Waals surface area contributed by atoms with Gasteiger partial charge in [0.25, 0.3) is 5.91 Å². The summed E-state index contributed by atoms with van der Waals surface area (Å²) in [5.74, 6) is -1.03. The second-order valence-corrected chi connectivity index (χ2v) is 8.86. The van der Waals surface area contributed by atoms with E-state index in [9.17, 15) is 9.59 Å². The van der Waals surface area contributed by atoms with Crippen molar-refractivity contribution < 1.29 is 14.3 Å². The average molecular weight is 430 g/mol. The highest BCUT2D eigenvalue weighted by Crippen LogP contribution is 2.67. The minimum atomic E-state index is -1.24. The minimum Gasteiger partial charge on any atom is -0.465 e. The van der Waals surface area contributed by atoms with Crippen LogP contribution in [0.15, 0.2) is 72.9 Å². The highest BCUT2D eigenvalue weighted by molar-refractivity contribution is 6.52. The second kappa shape index (κ2) is 7.51. The normalized spacial score (nSPS) is 26.5. The number of nitrogens with zero attached hydrogens (tertiary/aromatic N) is 1. The van der Waals surface area contributed by atoms with Crippen LogP contribution in [0.25, 0.3) is 0 Å². The first kappa shape index (κ1) is 20.0. The number of halogens is 2. The molecule has 2 aliphatic rings. The lowest BCUT2D eigenvalue weighted by Crippen LogP contribution is -2.43. The maximum absolute atomic E-state index is 13.1. The molecule has 4 nitrogen and oxygen atoms in total. The molecule has 1 amide bonds. The molecule has 0 unspecified atom stereocenters. The van der Waals surface area contributed by atoms with Gasteiger partial charge in [-0.1, -0.05) is 77.8 Å². The smallest absolute Gasteiger partial charge is 0.316 e. The van der Waals surface area contributed by atoms with Gasteiger partial charge in [0, 0.05) is 17.7 Å². The van der Waals surface area contributed by atoms with Gasteiger partial charge in [0.2, 0.25) is 0 Å². The summed E-state index contributed by atoms with van der Waals surface area (Å²) >= 11 is 13.3. The standard InChI is InChI=1S/C23H21Cl2NO3/c1-2-29-21(28)22(15-16-9-5-3-6-10-16)13-14-26(19-18(22)23(19,24)25)20(27)17-11-7-4-8-12-17/h3-14,18-19H,2,15H2,1H3/t18-,19+,22-/m0/s1. The van der Waals surface area contributed by atoms with Crippen LogP contribution in [0.5, 0.6) is 0 Å². The summed E-state index contributed by atoms with van der Waals surface area (Å²) in [5.41, 5.74) is 0.486. The Morgan fingerprint density at radius 3 is 2.28 bits per heavy atom. The van der Waals surface area contributed by atoms with E-state index in [1.54, 1.807) is 48.4 Å². The van der Waals surface area contributed by atoms with Gasteiger partial charge in [-0.05, 0) is 31.0 Å². The van der Waals surface area contributed by atoms with Crippen LogP contribution in [-0.2, 0) is 16.0 Å². The van der Waals surface area contributed by atoms with E-state index in [0.717, 1.165) is 5.56 Å². The zero-order valence-corrected chi connectivity index (χ0v) is 17.4. The molecule has 0 saturated heterocycles. The van der Waals surface area contributed by atoms with Gasteiger partial charge in [-0.2, -0.15) is 0 Å². The number of benzene rings is 2. The zero-order valence-electron chi connectivity index (χ0n) is 15.9. The number of carbonyl (C=O) groups is 2. The largest absolute Gasteiger partial charge is 0.465 e. The Bertz CT molecular complexity index is 945. The molecule has 3 atom stereocenters. The minimum absolute atomic E-state index is 0.197. The summed E-state index contributed by atoms with van der Waals surface area (Å²) in [6.07, 6.45) is 3.79. The number of amides is 1. The van der Waals surface area contributed by atoms with Crippen molar-refractivity contribution >= 4 is 35.1 Å². The molecule has 0 aromatic heterocycles. The van der Waals surface area contributed by atoms with Gasteiger partial charge in [0.05, 0.1) is 18.1 Å². The van der Waals surface area contributed by atoms with E-state index in [1.807, 2.05) is 36.4 Å². The Morgan fingerprint density at radius 1 is 1.03 bits per heavy atom. The molecular weight excluding hydrogens is 409 g/mol. The third-order valence-electron chi connectivity index (χ3n) is 5.65. The van der Waals surface area contributed by atoms with Crippen LogP contribution in [-0.4, -0.2) is 33.8 Å². The summed E-state index contributed by atoms with van der Waals surface area (Å²) in [6, 6.07) is 18.1. The molecule has 150 valence electrons. The Kier molecular flexibility index (Phi) is 5.18. The quantitative estimate of drug-likeness (QED) is 0.514.